The molecular formula is C75H132O6. The van der Waals surface area contributed by atoms with Crippen LogP contribution < -0.4 is 0 Å². The van der Waals surface area contributed by atoms with Gasteiger partial charge >= 0.3 is 17.9 Å². The average molecular weight is 1130 g/mol. The van der Waals surface area contributed by atoms with Gasteiger partial charge in [-0.05, 0) is 96.3 Å². The van der Waals surface area contributed by atoms with Crippen LogP contribution in [0.1, 0.15) is 355 Å². The van der Waals surface area contributed by atoms with E-state index < -0.39 is 6.10 Å². The van der Waals surface area contributed by atoms with Gasteiger partial charge in [0.05, 0.1) is 0 Å². The zero-order chi connectivity index (χ0) is 58.5. The van der Waals surface area contributed by atoms with Crippen molar-refractivity contribution in [3.05, 3.63) is 85.1 Å². The number of unbranched alkanes of at least 4 members (excludes halogenated alkanes) is 39. The van der Waals surface area contributed by atoms with E-state index in [1.165, 1.54) is 218 Å². The number of allylic oxidation sites excluding steroid dienone is 14. The Balaban J connectivity index is 4.02. The Kier molecular flexibility index (Phi) is 66.2. The molecule has 0 aliphatic carbocycles. The third-order valence-corrected chi connectivity index (χ3v) is 15.4. The van der Waals surface area contributed by atoms with Crippen LogP contribution in [-0.4, -0.2) is 37.2 Å². The molecular weight excluding hydrogens is 997 g/mol. The lowest BCUT2D eigenvalue weighted by molar-refractivity contribution is -0.167. The van der Waals surface area contributed by atoms with Gasteiger partial charge in [-0.25, -0.2) is 0 Å². The lowest BCUT2D eigenvalue weighted by atomic mass is 10.0. The number of carbonyl (C=O) groups is 3. The molecule has 1 atom stereocenters. The zero-order valence-corrected chi connectivity index (χ0v) is 53.8. The summed E-state index contributed by atoms with van der Waals surface area (Å²) < 4.78 is 16.9. The molecule has 0 aliphatic rings. The van der Waals surface area contributed by atoms with E-state index in [0.717, 1.165) is 96.3 Å². The Hall–Kier alpha value is -3.41. The van der Waals surface area contributed by atoms with Gasteiger partial charge in [0, 0.05) is 19.3 Å². The normalized spacial score (nSPS) is 12.6. The van der Waals surface area contributed by atoms with Gasteiger partial charge in [0.15, 0.2) is 6.10 Å². The van der Waals surface area contributed by atoms with Crippen LogP contribution in [0, 0.1) is 0 Å². The summed E-state index contributed by atoms with van der Waals surface area (Å²) in [5.74, 6) is -0.863. The van der Waals surface area contributed by atoms with Gasteiger partial charge in [0.2, 0.25) is 0 Å². The average Bonchev–Trinajstić information content (AvgIpc) is 3.47. The first-order chi connectivity index (χ1) is 40.0. The van der Waals surface area contributed by atoms with E-state index in [1.807, 2.05) is 0 Å². The van der Waals surface area contributed by atoms with E-state index in [4.69, 9.17) is 14.2 Å². The molecule has 0 radical (unpaired) electrons. The van der Waals surface area contributed by atoms with E-state index in [1.54, 1.807) is 0 Å². The van der Waals surface area contributed by atoms with Gasteiger partial charge in [-0.2, -0.15) is 0 Å². The van der Waals surface area contributed by atoms with Crippen LogP contribution in [0.2, 0.25) is 0 Å². The quantitative estimate of drug-likeness (QED) is 0.0261. The summed E-state index contributed by atoms with van der Waals surface area (Å²) in [6.45, 7) is 6.52. The fourth-order valence-corrected chi connectivity index (χ4v) is 10.2. The molecule has 0 amide bonds. The SMILES string of the molecule is CC/C=C\C/C=C\C/C=C\C/C=C\C/C=C\C/C=C\CCCCCCCCCCCCCCCCCCC(=O)OCC(COC(=O)CCCCCCCCC)OC(=O)CCCCCCCCCCC/C=C\CCCCCCCCCC. The maximum atomic E-state index is 12.9. The second kappa shape index (κ2) is 69.1. The molecule has 468 valence electrons. The predicted molar refractivity (Wildman–Crippen MR) is 353 cm³/mol. The minimum absolute atomic E-state index is 0.0722. The number of ether oxygens (including phenoxy) is 3. The molecule has 1 unspecified atom stereocenters. The molecule has 0 spiro atoms. The second-order valence-corrected chi connectivity index (χ2v) is 23.4. The van der Waals surface area contributed by atoms with Crippen LogP contribution >= 0.6 is 0 Å². The maximum absolute atomic E-state index is 12.9. The van der Waals surface area contributed by atoms with Crippen LogP contribution in [0.25, 0.3) is 0 Å². The molecule has 81 heavy (non-hydrogen) atoms. The van der Waals surface area contributed by atoms with Crippen LogP contribution in [-0.2, 0) is 28.6 Å². The highest BCUT2D eigenvalue weighted by molar-refractivity contribution is 5.71. The van der Waals surface area contributed by atoms with Gasteiger partial charge < -0.3 is 14.2 Å². The molecule has 0 heterocycles. The van der Waals surface area contributed by atoms with E-state index in [-0.39, 0.29) is 31.1 Å². The largest absolute Gasteiger partial charge is 0.462 e. The van der Waals surface area contributed by atoms with Gasteiger partial charge in [0.25, 0.3) is 0 Å². The minimum atomic E-state index is -0.773. The molecule has 0 aliphatic heterocycles. The molecule has 0 saturated heterocycles. The van der Waals surface area contributed by atoms with Crippen molar-refractivity contribution >= 4 is 17.9 Å². The minimum Gasteiger partial charge on any atom is -0.462 e. The van der Waals surface area contributed by atoms with E-state index in [9.17, 15) is 14.4 Å². The summed E-state index contributed by atoms with van der Waals surface area (Å²) in [5, 5.41) is 0. The molecule has 0 aromatic heterocycles. The van der Waals surface area contributed by atoms with Crippen LogP contribution in [0.15, 0.2) is 85.1 Å². The topological polar surface area (TPSA) is 78.9 Å². The summed E-state index contributed by atoms with van der Waals surface area (Å²) in [7, 11) is 0. The lowest BCUT2D eigenvalue weighted by Crippen LogP contribution is -2.30. The monoisotopic (exact) mass is 1130 g/mol. The molecule has 6 nitrogen and oxygen atoms in total. The molecule has 6 heteroatoms. The van der Waals surface area contributed by atoms with Crippen molar-refractivity contribution in [3.8, 4) is 0 Å². The third kappa shape index (κ3) is 67.3. The number of carbonyl (C=O) groups excluding carboxylic acids is 3. The first-order valence-electron chi connectivity index (χ1n) is 35.1. The highest BCUT2D eigenvalue weighted by Crippen LogP contribution is 2.17. The molecule has 0 aromatic rings. The smallest absolute Gasteiger partial charge is 0.306 e. The van der Waals surface area contributed by atoms with Gasteiger partial charge in [-0.15, -0.1) is 0 Å². The van der Waals surface area contributed by atoms with Crippen molar-refractivity contribution in [2.45, 2.75) is 361 Å². The number of esters is 3. The van der Waals surface area contributed by atoms with E-state index >= 15 is 0 Å². The highest BCUT2D eigenvalue weighted by Gasteiger charge is 2.19. The van der Waals surface area contributed by atoms with Crippen molar-refractivity contribution in [2.75, 3.05) is 13.2 Å². The first-order valence-corrected chi connectivity index (χ1v) is 35.1. The van der Waals surface area contributed by atoms with Crippen LogP contribution in [0.3, 0.4) is 0 Å². The summed E-state index contributed by atoms with van der Waals surface area (Å²) >= 11 is 0. The number of rotatable bonds is 64. The van der Waals surface area contributed by atoms with E-state index in [2.05, 4.69) is 106 Å². The van der Waals surface area contributed by atoms with Gasteiger partial charge in [-0.3, -0.25) is 14.4 Å². The standard InChI is InChI=1S/C75H132O6/c1-4-7-10-13-16-18-20-22-24-26-28-30-31-32-33-34-35-36-37-38-39-40-41-42-43-45-46-48-50-52-54-56-59-62-65-68-74(77)80-71-72(70-79-73(76)67-64-61-58-15-12-9-6-3)81-75(78)69-66-63-60-57-55-53-51-49-47-44-29-27-25-23-21-19-17-14-11-8-5-2/h7,10,16,18,22,24,27-30,32-33,35-36,72H,4-6,8-9,11-15,17,19-21,23,25-26,31,34,37-71H2,1-3H3/b10-7-,18-16-,24-22-,29-27-,30-28-,33-32-,36-35-. The van der Waals surface area contributed by atoms with Crippen molar-refractivity contribution < 1.29 is 28.6 Å². The Morgan fingerprint density at radius 3 is 0.765 bits per heavy atom. The van der Waals surface area contributed by atoms with Crippen molar-refractivity contribution in [1.29, 1.82) is 0 Å². The fraction of sp³-hybridized carbons (Fsp3) is 0.773. The summed E-state index contributed by atoms with van der Waals surface area (Å²) in [5.41, 5.74) is 0. The Labute approximate surface area is 503 Å². The maximum Gasteiger partial charge on any atom is 0.306 e. The molecule has 0 bridgehead atoms. The summed E-state index contributed by atoms with van der Waals surface area (Å²) in [6.07, 6.45) is 92.1. The van der Waals surface area contributed by atoms with Gasteiger partial charge in [-0.1, -0.05) is 324 Å². The summed E-state index contributed by atoms with van der Waals surface area (Å²) in [4.78, 5) is 38.2. The molecule has 0 rings (SSSR count). The molecule has 0 N–H and O–H groups in total. The fourth-order valence-electron chi connectivity index (χ4n) is 10.2. The van der Waals surface area contributed by atoms with Gasteiger partial charge in [0.1, 0.15) is 13.2 Å². The van der Waals surface area contributed by atoms with Crippen molar-refractivity contribution in [1.82, 2.24) is 0 Å². The molecule has 0 aromatic carbocycles. The Morgan fingerprint density at radius 2 is 0.481 bits per heavy atom. The van der Waals surface area contributed by atoms with Crippen molar-refractivity contribution in [3.63, 3.8) is 0 Å². The van der Waals surface area contributed by atoms with E-state index in [0.29, 0.717) is 19.3 Å². The molecule has 0 fully saturated rings. The van der Waals surface area contributed by atoms with Crippen LogP contribution in [0.5, 0.6) is 0 Å². The molecule has 0 saturated carbocycles. The number of hydrogen-bond acceptors (Lipinski definition) is 6. The highest BCUT2D eigenvalue weighted by atomic mass is 16.6. The number of hydrogen-bond donors (Lipinski definition) is 0. The first kappa shape index (κ1) is 77.6. The van der Waals surface area contributed by atoms with Crippen molar-refractivity contribution in [2.24, 2.45) is 0 Å². The Bertz CT molecular complexity index is 1530. The zero-order valence-electron chi connectivity index (χ0n) is 53.8. The summed E-state index contributed by atoms with van der Waals surface area (Å²) in [6, 6.07) is 0. The lowest BCUT2D eigenvalue weighted by Gasteiger charge is -2.18. The van der Waals surface area contributed by atoms with Crippen LogP contribution in [0.4, 0.5) is 0 Å². The third-order valence-electron chi connectivity index (χ3n) is 15.4. The Morgan fingerprint density at radius 1 is 0.259 bits per heavy atom. The predicted octanol–water partition coefficient (Wildman–Crippen LogP) is 24.2. The second-order valence-electron chi connectivity index (χ2n) is 23.4.